The normalized spacial score (nSPS) is 25.8. The fourth-order valence-corrected chi connectivity index (χ4v) is 5.41. The Labute approximate surface area is 165 Å². The summed E-state index contributed by atoms with van der Waals surface area (Å²) >= 11 is 1.27. The number of carbonyl (C=O) groups excluding carboxylic acids is 2. The smallest absolute Gasteiger partial charge is 0.330 e. The molecule has 3 rings (SSSR count). The highest BCUT2D eigenvalue weighted by molar-refractivity contribution is 8.01. The van der Waals surface area contributed by atoms with Gasteiger partial charge in [0.25, 0.3) is 21.7 Å². The molecule has 0 aliphatic carbocycles. The molecule has 28 heavy (non-hydrogen) atoms. The highest BCUT2D eigenvalue weighted by Crippen LogP contribution is 2.52. The molecule has 10 nitrogen and oxygen atoms in total. The summed E-state index contributed by atoms with van der Waals surface area (Å²) in [6.45, 7) is 3.42. The average Bonchev–Trinajstić information content (AvgIpc) is 2.85. The van der Waals surface area contributed by atoms with Crippen LogP contribution in [0.1, 0.15) is 19.4 Å². The molecule has 0 N–H and O–H groups in total. The first-order valence-corrected chi connectivity index (χ1v) is 10.9. The molecule has 1 aromatic carbocycles. The van der Waals surface area contributed by atoms with Crippen LogP contribution < -0.4 is 0 Å². The third-order valence-corrected chi connectivity index (χ3v) is 6.53. The summed E-state index contributed by atoms with van der Waals surface area (Å²) in [6, 6.07) is 4.68. The van der Waals surface area contributed by atoms with Crippen molar-refractivity contribution in [2.24, 2.45) is 0 Å². The van der Waals surface area contributed by atoms with Gasteiger partial charge in [-0.25, -0.2) is 4.79 Å². The molecule has 2 aliphatic rings. The van der Waals surface area contributed by atoms with E-state index < -0.39 is 49.2 Å². The number of thioether (sulfide) groups is 1. The first kappa shape index (κ1) is 20.6. The number of ether oxygens (including phenoxy) is 1. The van der Waals surface area contributed by atoms with Crippen molar-refractivity contribution in [1.82, 2.24) is 4.90 Å². The number of nitro benzene ring substituents is 1. The van der Waals surface area contributed by atoms with Gasteiger partial charge in [0, 0.05) is 16.9 Å². The van der Waals surface area contributed by atoms with Crippen LogP contribution in [0.2, 0.25) is 0 Å². The fourth-order valence-electron chi connectivity index (χ4n) is 3.18. The van der Waals surface area contributed by atoms with Gasteiger partial charge in [0.1, 0.15) is 18.0 Å². The lowest BCUT2D eigenvalue weighted by atomic mass is 9.97. The van der Waals surface area contributed by atoms with E-state index in [0.29, 0.717) is 5.56 Å². The number of carbonyl (C=O) groups is 2. The fraction of sp³-hybridized carbons (Fsp3) is 0.500. The highest BCUT2D eigenvalue weighted by Gasteiger charge is 2.65. The zero-order valence-electron chi connectivity index (χ0n) is 15.2. The van der Waals surface area contributed by atoms with Gasteiger partial charge in [-0.1, -0.05) is 0 Å². The van der Waals surface area contributed by atoms with E-state index in [9.17, 15) is 28.1 Å². The van der Waals surface area contributed by atoms with Gasteiger partial charge in [-0.05, 0) is 31.5 Å². The van der Waals surface area contributed by atoms with Crippen molar-refractivity contribution < 1.29 is 31.9 Å². The minimum atomic E-state index is -3.81. The Hall–Kier alpha value is -2.18. The molecular weight excluding hydrogens is 412 g/mol. The molecule has 3 atom stereocenters. The summed E-state index contributed by atoms with van der Waals surface area (Å²) in [5, 5.41) is 10.1. The quantitative estimate of drug-likeness (QED) is 0.213. The molecule has 0 unspecified atom stereocenters. The van der Waals surface area contributed by atoms with Crippen LogP contribution in [0, 0.1) is 10.1 Å². The number of hydrogen-bond donors (Lipinski definition) is 0. The Balaban J connectivity index is 1.68. The van der Waals surface area contributed by atoms with E-state index in [-0.39, 0.29) is 12.3 Å². The molecular formula is C16H18N2O8S2. The van der Waals surface area contributed by atoms with E-state index in [2.05, 4.69) is 0 Å². The molecule has 12 heteroatoms. The first-order chi connectivity index (χ1) is 12.9. The largest absolute Gasteiger partial charge is 0.459 e. The number of rotatable bonds is 6. The van der Waals surface area contributed by atoms with Gasteiger partial charge in [-0.2, -0.15) is 8.42 Å². The monoisotopic (exact) mass is 430 g/mol. The Morgan fingerprint density at radius 3 is 2.46 bits per heavy atom. The van der Waals surface area contributed by atoms with E-state index in [1.807, 2.05) is 0 Å². The Morgan fingerprint density at radius 2 is 1.93 bits per heavy atom. The van der Waals surface area contributed by atoms with E-state index in [4.69, 9.17) is 8.92 Å². The number of β-lactam (4-membered cyclic amide) rings is 1. The second kappa shape index (κ2) is 7.01. The van der Waals surface area contributed by atoms with Crippen LogP contribution in [-0.2, 0) is 35.2 Å². The van der Waals surface area contributed by atoms with Crippen molar-refractivity contribution in [3.63, 3.8) is 0 Å². The predicted octanol–water partition coefficient (Wildman–Crippen LogP) is 1.05. The van der Waals surface area contributed by atoms with Crippen LogP contribution in [0.5, 0.6) is 0 Å². The Morgan fingerprint density at radius 1 is 1.32 bits per heavy atom. The molecule has 0 radical (unpaired) electrons. The average molecular weight is 430 g/mol. The topological polar surface area (TPSA) is 133 Å². The van der Waals surface area contributed by atoms with Crippen LogP contribution in [0.25, 0.3) is 0 Å². The van der Waals surface area contributed by atoms with Crippen molar-refractivity contribution in [1.29, 1.82) is 0 Å². The molecule has 152 valence electrons. The maximum Gasteiger partial charge on any atom is 0.330 e. The number of amides is 1. The number of nitro groups is 1. The lowest BCUT2D eigenvalue weighted by molar-refractivity contribution is -0.384. The minimum Gasteiger partial charge on any atom is -0.459 e. The van der Waals surface area contributed by atoms with Gasteiger partial charge in [-0.15, -0.1) is 11.8 Å². The van der Waals surface area contributed by atoms with E-state index in [1.54, 1.807) is 13.8 Å². The summed E-state index contributed by atoms with van der Waals surface area (Å²) in [4.78, 5) is 36.4. The van der Waals surface area contributed by atoms with Gasteiger partial charge >= 0.3 is 5.97 Å². The molecule has 0 bridgehead atoms. The maximum absolute atomic E-state index is 12.6. The second-order valence-electron chi connectivity index (χ2n) is 7.01. The second-order valence-corrected chi connectivity index (χ2v) is 10.4. The molecule has 1 amide bonds. The van der Waals surface area contributed by atoms with Crippen molar-refractivity contribution in [2.45, 2.75) is 42.7 Å². The summed E-state index contributed by atoms with van der Waals surface area (Å²) in [6.07, 6.45) is -0.282. The number of esters is 1. The molecule has 1 aromatic rings. The van der Waals surface area contributed by atoms with E-state index in [1.165, 1.54) is 40.9 Å². The molecule has 2 aliphatic heterocycles. The van der Waals surface area contributed by atoms with Gasteiger partial charge in [0.2, 0.25) is 0 Å². The number of hydrogen-bond acceptors (Lipinski definition) is 9. The van der Waals surface area contributed by atoms with E-state index >= 15 is 0 Å². The number of nitrogens with zero attached hydrogens (tertiary/aromatic N) is 2. The Bertz CT molecular complexity index is 928. The zero-order valence-corrected chi connectivity index (χ0v) is 16.9. The molecule has 2 fully saturated rings. The molecule has 2 saturated heterocycles. The minimum absolute atomic E-state index is 0.0747. The standard InChI is InChI=1S/C16H18N2O8S2/c1-16(2)12(17-13(19)11(14(17)27-16)26-28(3,23)24)15(20)25-8-9-4-6-10(7-5-9)18(21)22/h4-7,11-12,14H,8H2,1-3H3/t11-,12+,14-/m1/s1. The maximum atomic E-state index is 12.6. The van der Waals surface area contributed by atoms with Gasteiger partial charge < -0.3 is 9.64 Å². The van der Waals surface area contributed by atoms with Crippen LogP contribution in [0.15, 0.2) is 24.3 Å². The van der Waals surface area contributed by atoms with Crippen LogP contribution >= 0.6 is 11.8 Å². The van der Waals surface area contributed by atoms with Gasteiger partial charge in [0.15, 0.2) is 6.10 Å². The predicted molar refractivity (Wildman–Crippen MR) is 98.7 cm³/mol. The number of benzene rings is 1. The summed E-state index contributed by atoms with van der Waals surface area (Å²) < 4.78 is 32.1. The molecule has 0 aromatic heterocycles. The number of non-ortho nitro benzene ring substituents is 1. The van der Waals surface area contributed by atoms with Crippen LogP contribution in [-0.4, -0.2) is 58.6 Å². The van der Waals surface area contributed by atoms with Crippen molar-refractivity contribution in [3.05, 3.63) is 39.9 Å². The SMILES string of the molecule is CC1(C)S[C@@H]2[C@H](OS(C)(=O)=O)C(=O)N2[C@H]1C(=O)OCc1ccc([N+](=O)[O-])cc1. The summed E-state index contributed by atoms with van der Waals surface area (Å²) in [5.74, 6) is -1.21. The van der Waals surface area contributed by atoms with Crippen molar-refractivity contribution >= 4 is 39.4 Å². The zero-order chi connectivity index (χ0) is 20.9. The summed E-state index contributed by atoms with van der Waals surface area (Å²) in [5.41, 5.74) is 0.488. The van der Waals surface area contributed by atoms with E-state index in [0.717, 1.165) is 6.26 Å². The highest BCUT2D eigenvalue weighted by atomic mass is 32.2. The molecule has 2 heterocycles. The van der Waals surface area contributed by atoms with Gasteiger partial charge in [-0.3, -0.25) is 19.1 Å². The third-order valence-electron chi connectivity index (χ3n) is 4.42. The molecule has 0 spiro atoms. The van der Waals surface area contributed by atoms with Crippen LogP contribution in [0.4, 0.5) is 5.69 Å². The van der Waals surface area contributed by atoms with Crippen molar-refractivity contribution in [2.75, 3.05) is 6.26 Å². The van der Waals surface area contributed by atoms with Gasteiger partial charge in [0.05, 0.1) is 11.2 Å². The summed E-state index contributed by atoms with van der Waals surface area (Å²) in [7, 11) is -3.81. The van der Waals surface area contributed by atoms with Crippen LogP contribution in [0.3, 0.4) is 0 Å². The number of fused-ring (bicyclic) bond motifs is 1. The lowest BCUT2D eigenvalue weighted by Gasteiger charge is -2.42. The first-order valence-electron chi connectivity index (χ1n) is 8.19. The molecule has 0 saturated carbocycles. The lowest BCUT2D eigenvalue weighted by Crippen LogP contribution is -2.66. The van der Waals surface area contributed by atoms with Crippen molar-refractivity contribution in [3.8, 4) is 0 Å². The Kier molecular flexibility index (Phi) is 5.15. The third kappa shape index (κ3) is 3.84.